The predicted molar refractivity (Wildman–Crippen MR) is 55.3 cm³/mol. The van der Waals surface area contributed by atoms with Gasteiger partial charge in [-0.25, -0.2) is 9.18 Å². The first-order chi connectivity index (χ1) is 7.66. The van der Waals surface area contributed by atoms with Crippen molar-refractivity contribution in [2.24, 2.45) is 0 Å². The molecule has 0 saturated carbocycles. The van der Waals surface area contributed by atoms with Crippen molar-refractivity contribution >= 4 is 6.09 Å². The summed E-state index contributed by atoms with van der Waals surface area (Å²) in [7, 11) is 0. The number of likely N-dealkylation sites (tertiary alicyclic amines) is 1. The van der Waals surface area contributed by atoms with E-state index in [0.29, 0.717) is 19.6 Å². The van der Waals surface area contributed by atoms with Gasteiger partial charge in [0.1, 0.15) is 6.17 Å². The van der Waals surface area contributed by atoms with Crippen LogP contribution in [0.3, 0.4) is 0 Å². The summed E-state index contributed by atoms with van der Waals surface area (Å²) in [5, 5.41) is 12.0. The molecular weight excluding hydrogens is 215 g/mol. The second-order valence-corrected chi connectivity index (χ2v) is 4.37. The van der Waals surface area contributed by atoms with E-state index in [0.717, 1.165) is 17.9 Å². The Balaban J connectivity index is 1.81. The van der Waals surface area contributed by atoms with Gasteiger partial charge in [-0.15, -0.1) is 0 Å². The summed E-state index contributed by atoms with van der Waals surface area (Å²) >= 11 is 0. The average Bonchev–Trinajstić information content (AvgIpc) is 2.73. The molecular formula is C10H17FN2O3. The van der Waals surface area contributed by atoms with E-state index in [2.05, 4.69) is 5.32 Å². The third kappa shape index (κ3) is 2.62. The van der Waals surface area contributed by atoms with Crippen molar-refractivity contribution in [2.75, 3.05) is 26.3 Å². The van der Waals surface area contributed by atoms with Crippen molar-refractivity contribution in [2.45, 2.75) is 31.1 Å². The van der Waals surface area contributed by atoms with E-state index in [4.69, 9.17) is 9.84 Å². The molecule has 0 bridgehead atoms. The number of nitrogens with one attached hydrogen (secondary N) is 1. The first kappa shape index (κ1) is 11.6. The summed E-state index contributed by atoms with van der Waals surface area (Å²) < 4.78 is 18.9. The highest BCUT2D eigenvalue weighted by Gasteiger charge is 2.33. The van der Waals surface area contributed by atoms with E-state index >= 15 is 0 Å². The fourth-order valence-corrected chi connectivity index (χ4v) is 2.24. The van der Waals surface area contributed by atoms with Gasteiger partial charge in [0.2, 0.25) is 0 Å². The Morgan fingerprint density at radius 3 is 2.88 bits per heavy atom. The van der Waals surface area contributed by atoms with Crippen molar-refractivity contribution in [1.82, 2.24) is 10.2 Å². The van der Waals surface area contributed by atoms with Crippen LogP contribution in [0.4, 0.5) is 9.18 Å². The van der Waals surface area contributed by atoms with Gasteiger partial charge in [-0.05, 0) is 12.8 Å². The van der Waals surface area contributed by atoms with Gasteiger partial charge in [-0.2, -0.15) is 0 Å². The standard InChI is InChI=1S/C10H17FN2O3/c11-8-5-13(10(14)15)3-1-9(8)12-7-2-4-16-6-7/h7-9,12H,1-6H2,(H,14,15)/t7-,8+,9-/m1/s1. The lowest BCUT2D eigenvalue weighted by molar-refractivity contribution is 0.0838. The van der Waals surface area contributed by atoms with Crippen LogP contribution >= 0.6 is 0 Å². The van der Waals surface area contributed by atoms with Crippen LogP contribution in [0.2, 0.25) is 0 Å². The lowest BCUT2D eigenvalue weighted by atomic mass is 10.0. The molecule has 2 saturated heterocycles. The van der Waals surface area contributed by atoms with E-state index < -0.39 is 12.3 Å². The van der Waals surface area contributed by atoms with E-state index in [-0.39, 0.29) is 18.6 Å². The van der Waals surface area contributed by atoms with Crippen LogP contribution in [0.1, 0.15) is 12.8 Å². The number of carboxylic acid groups (broad SMARTS) is 1. The number of hydrogen-bond donors (Lipinski definition) is 2. The minimum absolute atomic E-state index is 0.0272. The third-order valence-electron chi connectivity index (χ3n) is 3.19. The number of ether oxygens (including phenoxy) is 1. The van der Waals surface area contributed by atoms with E-state index in [1.807, 2.05) is 0 Å². The van der Waals surface area contributed by atoms with Gasteiger partial charge in [0, 0.05) is 25.2 Å². The molecule has 2 N–H and O–H groups in total. The molecule has 2 aliphatic rings. The number of piperidine rings is 1. The number of hydrogen-bond acceptors (Lipinski definition) is 3. The second kappa shape index (κ2) is 4.97. The Hall–Kier alpha value is -0.880. The molecule has 6 heteroatoms. The molecule has 0 spiro atoms. The number of amides is 1. The van der Waals surface area contributed by atoms with Crippen LogP contribution in [-0.2, 0) is 4.74 Å². The van der Waals surface area contributed by atoms with Gasteiger partial charge >= 0.3 is 6.09 Å². The molecule has 2 rings (SSSR count). The van der Waals surface area contributed by atoms with Gasteiger partial charge in [0.25, 0.3) is 0 Å². The predicted octanol–water partition coefficient (Wildman–Crippen LogP) is 0.455. The van der Waals surface area contributed by atoms with E-state index in [9.17, 15) is 9.18 Å². The Morgan fingerprint density at radius 2 is 2.31 bits per heavy atom. The highest BCUT2D eigenvalue weighted by molar-refractivity contribution is 5.65. The van der Waals surface area contributed by atoms with Crippen LogP contribution < -0.4 is 5.32 Å². The molecule has 0 aromatic carbocycles. The molecule has 2 fully saturated rings. The van der Waals surface area contributed by atoms with Gasteiger partial charge in [0.15, 0.2) is 0 Å². The zero-order valence-electron chi connectivity index (χ0n) is 9.06. The van der Waals surface area contributed by atoms with Gasteiger partial charge in [-0.3, -0.25) is 0 Å². The summed E-state index contributed by atoms with van der Waals surface area (Å²) in [4.78, 5) is 11.8. The van der Waals surface area contributed by atoms with Crippen LogP contribution in [0, 0.1) is 0 Å². The fourth-order valence-electron chi connectivity index (χ4n) is 2.24. The van der Waals surface area contributed by atoms with Crippen molar-refractivity contribution in [3.8, 4) is 0 Å². The number of halogens is 1. The normalized spacial score (nSPS) is 35.3. The zero-order chi connectivity index (χ0) is 11.5. The van der Waals surface area contributed by atoms with E-state index in [1.165, 1.54) is 0 Å². The SMILES string of the molecule is O=C(O)N1CC[C@@H](N[C@@H]2CCOC2)[C@@H](F)C1. The van der Waals surface area contributed by atoms with E-state index in [1.54, 1.807) is 0 Å². The largest absolute Gasteiger partial charge is 0.465 e. The van der Waals surface area contributed by atoms with Crippen molar-refractivity contribution in [3.05, 3.63) is 0 Å². The molecule has 2 aliphatic heterocycles. The van der Waals surface area contributed by atoms with Crippen LogP contribution in [0.25, 0.3) is 0 Å². The second-order valence-electron chi connectivity index (χ2n) is 4.37. The molecule has 0 aliphatic carbocycles. The maximum atomic E-state index is 13.7. The smallest absolute Gasteiger partial charge is 0.407 e. The highest BCUT2D eigenvalue weighted by Crippen LogP contribution is 2.16. The molecule has 0 aromatic rings. The van der Waals surface area contributed by atoms with Crippen molar-refractivity contribution in [3.63, 3.8) is 0 Å². The third-order valence-corrected chi connectivity index (χ3v) is 3.19. The highest BCUT2D eigenvalue weighted by atomic mass is 19.1. The van der Waals surface area contributed by atoms with Gasteiger partial charge < -0.3 is 20.1 Å². The van der Waals surface area contributed by atoms with Crippen LogP contribution in [0.5, 0.6) is 0 Å². The minimum atomic E-state index is -1.12. The summed E-state index contributed by atoms with van der Waals surface area (Å²) in [6.07, 6.45) is -0.716. The Kier molecular flexibility index (Phi) is 3.60. The molecule has 3 atom stereocenters. The first-order valence-corrected chi connectivity index (χ1v) is 5.62. The Morgan fingerprint density at radius 1 is 1.50 bits per heavy atom. The quantitative estimate of drug-likeness (QED) is 0.726. The maximum Gasteiger partial charge on any atom is 0.407 e. The van der Waals surface area contributed by atoms with Gasteiger partial charge in [0.05, 0.1) is 13.2 Å². The Labute approximate surface area is 93.6 Å². The molecule has 0 unspecified atom stereocenters. The minimum Gasteiger partial charge on any atom is -0.465 e. The fraction of sp³-hybridized carbons (Fsp3) is 0.900. The molecule has 92 valence electrons. The van der Waals surface area contributed by atoms with Crippen LogP contribution in [-0.4, -0.2) is 60.7 Å². The topological polar surface area (TPSA) is 61.8 Å². The lowest BCUT2D eigenvalue weighted by Crippen LogP contribution is -2.54. The molecule has 0 radical (unpaired) electrons. The lowest BCUT2D eigenvalue weighted by Gasteiger charge is -2.34. The Bertz CT molecular complexity index is 258. The molecule has 1 amide bonds. The molecule has 5 nitrogen and oxygen atoms in total. The van der Waals surface area contributed by atoms with Crippen LogP contribution in [0.15, 0.2) is 0 Å². The number of nitrogens with zero attached hydrogens (tertiary/aromatic N) is 1. The van der Waals surface area contributed by atoms with Crippen molar-refractivity contribution < 1.29 is 19.0 Å². The zero-order valence-corrected chi connectivity index (χ0v) is 9.06. The number of rotatable bonds is 2. The summed E-state index contributed by atoms with van der Waals surface area (Å²) in [6.45, 7) is 1.73. The molecule has 2 heterocycles. The average molecular weight is 232 g/mol. The first-order valence-electron chi connectivity index (χ1n) is 5.62. The number of alkyl halides is 1. The maximum absolute atomic E-state index is 13.7. The monoisotopic (exact) mass is 232 g/mol. The van der Waals surface area contributed by atoms with Crippen molar-refractivity contribution in [1.29, 1.82) is 0 Å². The summed E-state index contributed by atoms with van der Waals surface area (Å²) in [6, 6.07) is -0.0121. The summed E-state index contributed by atoms with van der Waals surface area (Å²) in [5.74, 6) is 0. The molecule has 0 aromatic heterocycles. The van der Waals surface area contributed by atoms with Gasteiger partial charge in [-0.1, -0.05) is 0 Å². The number of carbonyl (C=O) groups is 1. The summed E-state index contributed by atoms with van der Waals surface area (Å²) in [5.41, 5.74) is 0. The molecule has 16 heavy (non-hydrogen) atoms.